The number of hydrogen-bond acceptors (Lipinski definition) is 6. The molecule has 1 aliphatic heterocycles. The zero-order valence-electron chi connectivity index (χ0n) is 10.8. The van der Waals surface area contributed by atoms with Gasteiger partial charge in [0.25, 0.3) is 0 Å². The number of nitrogens with zero attached hydrogens (tertiary/aromatic N) is 2. The maximum Gasteiger partial charge on any atom is 0.351 e. The Morgan fingerprint density at radius 2 is 2.35 bits per heavy atom. The summed E-state index contributed by atoms with van der Waals surface area (Å²) in [5.41, 5.74) is -0.395. The molecule has 8 heteroatoms. The quantitative estimate of drug-likeness (QED) is 0.613. The van der Waals surface area contributed by atoms with Crippen molar-refractivity contribution in [2.24, 2.45) is 0 Å². The van der Waals surface area contributed by atoms with Crippen LogP contribution in [-0.2, 0) is 9.53 Å². The molecule has 108 valence electrons. The van der Waals surface area contributed by atoms with Crippen LogP contribution in [-0.4, -0.2) is 44.5 Å². The highest BCUT2D eigenvalue weighted by atomic mass is 16.5. The molecule has 3 N–H and O–H groups in total. The lowest BCUT2D eigenvalue weighted by molar-refractivity contribution is -0.114. The van der Waals surface area contributed by atoms with Crippen LogP contribution < -0.4 is 11.0 Å². The smallest absolute Gasteiger partial charge is 0.351 e. The number of hydrogen-bond donors (Lipinski definition) is 3. The number of rotatable bonds is 3. The van der Waals surface area contributed by atoms with Crippen molar-refractivity contribution >= 4 is 11.7 Å². The number of aliphatic hydroxyl groups excluding tert-OH is 2. The van der Waals surface area contributed by atoms with Gasteiger partial charge in [-0.2, -0.15) is 4.98 Å². The van der Waals surface area contributed by atoms with Crippen LogP contribution in [0.2, 0.25) is 0 Å². The highest BCUT2D eigenvalue weighted by Gasteiger charge is 2.38. The van der Waals surface area contributed by atoms with Gasteiger partial charge in [-0.1, -0.05) is 6.58 Å². The Hall–Kier alpha value is -2.03. The van der Waals surface area contributed by atoms with Crippen LogP contribution in [0.4, 0.5) is 5.82 Å². The first-order valence-corrected chi connectivity index (χ1v) is 5.94. The number of amides is 1. The largest absolute Gasteiger partial charge is 0.394 e. The van der Waals surface area contributed by atoms with Gasteiger partial charge in [0, 0.05) is 18.7 Å². The minimum Gasteiger partial charge on any atom is -0.394 e. The van der Waals surface area contributed by atoms with Crippen LogP contribution in [0.15, 0.2) is 29.2 Å². The summed E-state index contributed by atoms with van der Waals surface area (Å²) < 4.78 is 6.49. The topological polar surface area (TPSA) is 114 Å². The van der Waals surface area contributed by atoms with Gasteiger partial charge in [-0.05, 0) is 6.07 Å². The van der Waals surface area contributed by atoms with Crippen LogP contribution >= 0.6 is 0 Å². The van der Waals surface area contributed by atoms with Gasteiger partial charge in [0.05, 0.1) is 6.61 Å². The summed E-state index contributed by atoms with van der Waals surface area (Å²) in [6.45, 7) is 4.58. The van der Waals surface area contributed by atoms with Crippen molar-refractivity contribution in [3.63, 3.8) is 0 Å². The molecule has 0 bridgehead atoms. The van der Waals surface area contributed by atoms with Crippen molar-refractivity contribution < 1.29 is 19.7 Å². The van der Waals surface area contributed by atoms with Crippen LogP contribution in [0.5, 0.6) is 0 Å². The third-order valence-electron chi connectivity index (χ3n) is 2.92. The van der Waals surface area contributed by atoms with E-state index in [0.717, 1.165) is 4.57 Å². The molecular formula is C12H15N3O5. The third-order valence-corrected chi connectivity index (χ3v) is 2.92. The molecule has 2 rings (SSSR count). The second-order valence-corrected chi connectivity index (χ2v) is 4.41. The van der Waals surface area contributed by atoms with E-state index >= 15 is 0 Å². The van der Waals surface area contributed by atoms with Crippen LogP contribution in [0.25, 0.3) is 0 Å². The molecule has 1 saturated heterocycles. The SMILES string of the molecule is C=C1[C@H](n2ccc(NC(C)=O)nc2=O)O[C@H](CO)[C@H]1O. The van der Waals surface area contributed by atoms with E-state index in [1.807, 2.05) is 0 Å². The third kappa shape index (κ3) is 2.62. The predicted octanol–water partition coefficient (Wildman–Crippen LogP) is -0.992. The summed E-state index contributed by atoms with van der Waals surface area (Å²) in [5, 5.41) is 21.2. The van der Waals surface area contributed by atoms with Gasteiger partial charge in [0.15, 0.2) is 6.23 Å². The molecule has 3 atom stereocenters. The molecule has 0 aliphatic carbocycles. The van der Waals surface area contributed by atoms with Gasteiger partial charge >= 0.3 is 5.69 Å². The molecule has 0 aromatic carbocycles. The van der Waals surface area contributed by atoms with Gasteiger partial charge in [-0.3, -0.25) is 9.36 Å². The number of ether oxygens (including phenoxy) is 1. The van der Waals surface area contributed by atoms with Crippen molar-refractivity contribution in [2.45, 2.75) is 25.4 Å². The summed E-state index contributed by atoms with van der Waals surface area (Å²) in [7, 11) is 0. The lowest BCUT2D eigenvalue weighted by Crippen LogP contribution is -2.28. The van der Waals surface area contributed by atoms with Crippen molar-refractivity contribution in [2.75, 3.05) is 11.9 Å². The molecule has 1 aliphatic rings. The van der Waals surface area contributed by atoms with Crippen LogP contribution in [0.1, 0.15) is 13.2 Å². The highest BCUT2D eigenvalue weighted by molar-refractivity contribution is 5.87. The van der Waals surface area contributed by atoms with E-state index in [2.05, 4.69) is 16.9 Å². The molecule has 20 heavy (non-hydrogen) atoms. The van der Waals surface area contributed by atoms with Crippen molar-refractivity contribution in [1.29, 1.82) is 0 Å². The van der Waals surface area contributed by atoms with Crippen LogP contribution in [0.3, 0.4) is 0 Å². The zero-order chi connectivity index (χ0) is 14.9. The second-order valence-electron chi connectivity index (χ2n) is 4.41. The van der Waals surface area contributed by atoms with Gasteiger partial charge in [0.1, 0.15) is 18.0 Å². The summed E-state index contributed by atoms with van der Waals surface area (Å²) in [6, 6.07) is 1.43. The fourth-order valence-electron chi connectivity index (χ4n) is 1.94. The lowest BCUT2D eigenvalue weighted by Gasteiger charge is -2.15. The van der Waals surface area contributed by atoms with E-state index in [1.165, 1.54) is 19.2 Å². The molecule has 1 fully saturated rings. The average molecular weight is 281 g/mol. The summed E-state index contributed by atoms with van der Waals surface area (Å²) >= 11 is 0. The van der Waals surface area contributed by atoms with Crippen molar-refractivity contribution in [3.05, 3.63) is 34.9 Å². The van der Waals surface area contributed by atoms with Crippen molar-refractivity contribution in [3.8, 4) is 0 Å². The maximum atomic E-state index is 11.9. The summed E-state index contributed by atoms with van der Waals surface area (Å²) in [5.74, 6) is -0.214. The molecule has 8 nitrogen and oxygen atoms in total. The Labute approximate surface area is 114 Å². The average Bonchev–Trinajstić information content (AvgIpc) is 2.66. The predicted molar refractivity (Wildman–Crippen MR) is 68.9 cm³/mol. The Bertz CT molecular complexity index is 597. The van der Waals surface area contributed by atoms with E-state index in [1.54, 1.807) is 0 Å². The lowest BCUT2D eigenvalue weighted by atomic mass is 10.1. The van der Waals surface area contributed by atoms with Gasteiger partial charge in [-0.15, -0.1) is 0 Å². The summed E-state index contributed by atoms with van der Waals surface area (Å²) in [6.07, 6.45) is -1.39. The minimum atomic E-state index is -1.05. The standard InChI is InChI=1S/C12H15N3O5/c1-6-10(18)8(5-16)20-11(6)15-4-3-9(13-7(2)17)14-12(15)19/h3-4,8,10-11,16,18H,1,5H2,2H3,(H,13,14,17,19)/t8-,10+,11-/m1/s1. The second kappa shape index (κ2) is 5.53. The first-order chi connectivity index (χ1) is 9.43. The molecule has 2 heterocycles. The monoisotopic (exact) mass is 281 g/mol. The number of aromatic nitrogens is 2. The first-order valence-electron chi connectivity index (χ1n) is 5.94. The fraction of sp³-hybridized carbons (Fsp3) is 0.417. The molecule has 0 saturated carbocycles. The Kier molecular flexibility index (Phi) is 3.98. The first kappa shape index (κ1) is 14.4. The number of carbonyl (C=O) groups is 1. The number of aliphatic hydroxyl groups is 2. The van der Waals surface area contributed by atoms with Crippen LogP contribution in [0, 0.1) is 0 Å². The minimum absolute atomic E-state index is 0.126. The van der Waals surface area contributed by atoms with Gasteiger partial charge in [-0.25, -0.2) is 4.79 Å². The van der Waals surface area contributed by atoms with Gasteiger partial charge < -0.3 is 20.3 Å². The highest BCUT2D eigenvalue weighted by Crippen LogP contribution is 2.31. The fourth-order valence-corrected chi connectivity index (χ4v) is 1.94. The summed E-state index contributed by atoms with van der Waals surface area (Å²) in [4.78, 5) is 26.5. The number of nitrogens with one attached hydrogen (secondary N) is 1. The van der Waals surface area contributed by atoms with E-state index in [0.29, 0.717) is 0 Å². The zero-order valence-corrected chi connectivity index (χ0v) is 10.8. The maximum absolute atomic E-state index is 11.9. The van der Waals surface area contributed by atoms with E-state index in [4.69, 9.17) is 9.84 Å². The molecule has 0 radical (unpaired) electrons. The molecule has 1 aromatic rings. The Morgan fingerprint density at radius 1 is 1.65 bits per heavy atom. The normalized spacial score (nSPS) is 25.8. The molecule has 0 unspecified atom stereocenters. The molecule has 1 aromatic heterocycles. The molecule has 0 spiro atoms. The molecule has 1 amide bonds. The Balaban J connectivity index is 2.28. The Morgan fingerprint density at radius 3 is 2.85 bits per heavy atom. The van der Waals surface area contributed by atoms with E-state index in [9.17, 15) is 14.7 Å². The van der Waals surface area contributed by atoms with E-state index in [-0.39, 0.29) is 23.9 Å². The number of anilines is 1. The van der Waals surface area contributed by atoms with E-state index < -0.39 is 24.1 Å². The number of carbonyl (C=O) groups excluding carboxylic acids is 1. The van der Waals surface area contributed by atoms with Crippen molar-refractivity contribution in [1.82, 2.24) is 9.55 Å². The van der Waals surface area contributed by atoms with Gasteiger partial charge in [0.2, 0.25) is 5.91 Å². The molecular weight excluding hydrogens is 266 g/mol.